The van der Waals surface area contributed by atoms with Crippen molar-refractivity contribution in [1.29, 1.82) is 0 Å². The molecule has 0 amide bonds. The second-order valence-electron chi connectivity index (χ2n) is 6.85. The van der Waals surface area contributed by atoms with Crippen LogP contribution in [0.1, 0.15) is 58.4 Å². The molecule has 1 N–H and O–H groups in total. The van der Waals surface area contributed by atoms with Gasteiger partial charge in [0.05, 0.1) is 15.0 Å². The van der Waals surface area contributed by atoms with Crippen LogP contribution in [0.25, 0.3) is 0 Å². The first kappa shape index (κ1) is 16.5. The molecule has 1 aliphatic rings. The van der Waals surface area contributed by atoms with Gasteiger partial charge in [0, 0.05) is 16.8 Å². The average Bonchev–Trinajstić information content (AvgIpc) is 2.81. The van der Waals surface area contributed by atoms with Crippen LogP contribution < -0.4 is 5.32 Å². The van der Waals surface area contributed by atoms with Crippen molar-refractivity contribution in [3.05, 3.63) is 20.8 Å². The number of nitrogens with one attached hydrogen (secondary N) is 1. The molecular weight excluding hydrogens is 334 g/mol. The fourth-order valence-corrected chi connectivity index (χ4v) is 4.93. The molecule has 114 valence electrons. The SMILES string of the molecule is CCCNC(c1ccc(Br)s1)C1CC(C)(C)OC1(C)C. The Bertz CT molecular complexity index is 455. The molecule has 0 aliphatic carbocycles. The minimum absolute atomic E-state index is 0.0329. The van der Waals surface area contributed by atoms with Gasteiger partial charge in [-0.1, -0.05) is 6.92 Å². The number of hydrogen-bond donors (Lipinski definition) is 1. The van der Waals surface area contributed by atoms with Crippen molar-refractivity contribution >= 4 is 27.3 Å². The molecule has 4 heteroatoms. The van der Waals surface area contributed by atoms with E-state index in [-0.39, 0.29) is 11.2 Å². The molecule has 1 saturated heterocycles. The van der Waals surface area contributed by atoms with Crippen LogP contribution in [-0.4, -0.2) is 17.7 Å². The largest absolute Gasteiger partial charge is 0.369 e. The summed E-state index contributed by atoms with van der Waals surface area (Å²) in [4.78, 5) is 1.41. The van der Waals surface area contributed by atoms with Crippen LogP contribution >= 0.6 is 27.3 Å². The van der Waals surface area contributed by atoms with Crippen LogP contribution in [0, 0.1) is 5.92 Å². The highest BCUT2D eigenvalue weighted by molar-refractivity contribution is 9.11. The van der Waals surface area contributed by atoms with Gasteiger partial charge in [-0.25, -0.2) is 0 Å². The summed E-state index contributed by atoms with van der Waals surface area (Å²) in [7, 11) is 0. The number of thiophene rings is 1. The molecule has 0 saturated carbocycles. The van der Waals surface area contributed by atoms with E-state index in [1.54, 1.807) is 0 Å². The first-order valence-electron chi connectivity index (χ1n) is 7.44. The topological polar surface area (TPSA) is 21.3 Å². The van der Waals surface area contributed by atoms with Gasteiger partial charge in [-0.05, 0) is 75.1 Å². The van der Waals surface area contributed by atoms with E-state index in [0.29, 0.717) is 12.0 Å². The van der Waals surface area contributed by atoms with Gasteiger partial charge in [-0.3, -0.25) is 0 Å². The zero-order valence-corrected chi connectivity index (χ0v) is 15.5. The lowest BCUT2D eigenvalue weighted by atomic mass is 9.81. The molecule has 20 heavy (non-hydrogen) atoms. The van der Waals surface area contributed by atoms with Crippen LogP contribution in [0.15, 0.2) is 15.9 Å². The van der Waals surface area contributed by atoms with Crippen LogP contribution in [0.5, 0.6) is 0 Å². The first-order valence-corrected chi connectivity index (χ1v) is 9.05. The van der Waals surface area contributed by atoms with Gasteiger partial charge >= 0.3 is 0 Å². The lowest BCUT2D eigenvalue weighted by Crippen LogP contribution is -2.38. The predicted molar refractivity (Wildman–Crippen MR) is 90.4 cm³/mol. The summed E-state index contributed by atoms with van der Waals surface area (Å²) in [6.07, 6.45) is 2.25. The molecule has 0 aromatic carbocycles. The van der Waals surface area contributed by atoms with E-state index in [1.807, 2.05) is 11.3 Å². The molecule has 2 rings (SSSR count). The minimum Gasteiger partial charge on any atom is -0.369 e. The Labute approximate surface area is 135 Å². The maximum atomic E-state index is 6.29. The molecule has 0 spiro atoms. The summed E-state index contributed by atoms with van der Waals surface area (Å²) >= 11 is 5.42. The molecule has 1 aliphatic heterocycles. The predicted octanol–water partition coefficient (Wildman–Crippen LogP) is 5.15. The van der Waals surface area contributed by atoms with Crippen molar-refractivity contribution in [2.75, 3.05) is 6.54 Å². The Morgan fingerprint density at radius 3 is 2.55 bits per heavy atom. The van der Waals surface area contributed by atoms with Gasteiger partial charge in [0.1, 0.15) is 0 Å². The number of halogens is 1. The molecule has 1 fully saturated rings. The maximum absolute atomic E-state index is 6.29. The van der Waals surface area contributed by atoms with E-state index in [1.165, 1.54) is 8.66 Å². The van der Waals surface area contributed by atoms with Crippen molar-refractivity contribution in [1.82, 2.24) is 5.32 Å². The summed E-state index contributed by atoms with van der Waals surface area (Å²) in [6.45, 7) is 12.1. The molecule has 2 nitrogen and oxygen atoms in total. The summed E-state index contributed by atoms with van der Waals surface area (Å²) in [5, 5.41) is 3.74. The van der Waals surface area contributed by atoms with E-state index in [9.17, 15) is 0 Å². The second kappa shape index (κ2) is 6.07. The molecule has 0 bridgehead atoms. The van der Waals surface area contributed by atoms with Crippen molar-refractivity contribution in [2.45, 2.75) is 64.7 Å². The van der Waals surface area contributed by atoms with Gasteiger partial charge in [0.25, 0.3) is 0 Å². The zero-order valence-electron chi connectivity index (χ0n) is 13.1. The zero-order chi connectivity index (χ0) is 15.0. The van der Waals surface area contributed by atoms with Crippen LogP contribution in [0.4, 0.5) is 0 Å². The standard InChI is InChI=1S/C16H26BrNOS/c1-6-9-18-14(12-7-8-13(17)20-12)11-10-15(2,3)19-16(11,4)5/h7-8,11,14,18H,6,9-10H2,1-5H3. The van der Waals surface area contributed by atoms with Crippen molar-refractivity contribution in [3.63, 3.8) is 0 Å². The summed E-state index contributed by atoms with van der Waals surface area (Å²) < 4.78 is 7.49. The summed E-state index contributed by atoms with van der Waals surface area (Å²) in [5.41, 5.74) is -0.125. The monoisotopic (exact) mass is 359 g/mol. The molecule has 2 heterocycles. The van der Waals surface area contributed by atoms with Crippen LogP contribution in [-0.2, 0) is 4.74 Å². The van der Waals surface area contributed by atoms with Gasteiger partial charge in [-0.15, -0.1) is 11.3 Å². The van der Waals surface area contributed by atoms with Crippen LogP contribution in [0.2, 0.25) is 0 Å². The van der Waals surface area contributed by atoms with Gasteiger partial charge in [-0.2, -0.15) is 0 Å². The van der Waals surface area contributed by atoms with E-state index >= 15 is 0 Å². The third-order valence-corrected chi connectivity index (χ3v) is 5.77. The average molecular weight is 360 g/mol. The van der Waals surface area contributed by atoms with E-state index in [0.717, 1.165) is 19.4 Å². The van der Waals surface area contributed by atoms with Gasteiger partial charge < -0.3 is 10.1 Å². The normalized spacial score (nSPS) is 25.8. The van der Waals surface area contributed by atoms with E-state index < -0.39 is 0 Å². The lowest BCUT2D eigenvalue weighted by molar-refractivity contribution is -0.0777. The Hall–Kier alpha value is 0.1000. The van der Waals surface area contributed by atoms with Gasteiger partial charge in [0.2, 0.25) is 0 Å². The third-order valence-electron chi connectivity index (χ3n) is 4.06. The Kier molecular flexibility index (Phi) is 5.00. The molecule has 2 atom stereocenters. The first-order chi connectivity index (χ1) is 9.25. The second-order valence-corrected chi connectivity index (χ2v) is 9.34. The highest BCUT2D eigenvalue weighted by Crippen LogP contribution is 2.48. The molecule has 1 aromatic rings. The number of rotatable bonds is 5. The minimum atomic E-state index is -0.0919. The molecule has 0 radical (unpaired) electrons. The summed E-state index contributed by atoms with van der Waals surface area (Å²) in [6, 6.07) is 4.76. The van der Waals surface area contributed by atoms with E-state index in [2.05, 4.69) is 68.0 Å². The van der Waals surface area contributed by atoms with Gasteiger partial charge in [0.15, 0.2) is 0 Å². The Balaban J connectivity index is 2.27. The van der Waals surface area contributed by atoms with Crippen molar-refractivity contribution in [2.24, 2.45) is 5.92 Å². The highest BCUT2D eigenvalue weighted by atomic mass is 79.9. The Morgan fingerprint density at radius 2 is 2.10 bits per heavy atom. The molecule has 2 unspecified atom stereocenters. The molecule has 1 aromatic heterocycles. The fraction of sp³-hybridized carbons (Fsp3) is 0.750. The van der Waals surface area contributed by atoms with Crippen LogP contribution in [0.3, 0.4) is 0 Å². The molecular formula is C16H26BrNOS. The Morgan fingerprint density at radius 1 is 1.40 bits per heavy atom. The lowest BCUT2D eigenvalue weighted by Gasteiger charge is -2.33. The summed E-state index contributed by atoms with van der Waals surface area (Å²) in [5.74, 6) is 0.495. The highest BCUT2D eigenvalue weighted by Gasteiger charge is 2.49. The number of hydrogen-bond acceptors (Lipinski definition) is 3. The maximum Gasteiger partial charge on any atom is 0.0701 e. The third kappa shape index (κ3) is 3.65. The smallest absolute Gasteiger partial charge is 0.0701 e. The quantitative estimate of drug-likeness (QED) is 0.785. The van der Waals surface area contributed by atoms with Crippen molar-refractivity contribution in [3.8, 4) is 0 Å². The number of ether oxygens (including phenoxy) is 1. The van der Waals surface area contributed by atoms with Crippen molar-refractivity contribution < 1.29 is 4.74 Å². The van der Waals surface area contributed by atoms with E-state index in [4.69, 9.17) is 4.74 Å². The fourth-order valence-electron chi connectivity index (χ4n) is 3.36.